The molecule has 1 fully saturated rings. The summed E-state index contributed by atoms with van der Waals surface area (Å²) in [5.41, 5.74) is 0.973. The van der Waals surface area contributed by atoms with E-state index >= 15 is 0 Å². The van der Waals surface area contributed by atoms with Crippen molar-refractivity contribution in [3.05, 3.63) is 63.9 Å². The molecule has 3 heterocycles. The second-order valence-corrected chi connectivity index (χ2v) is 9.53. The second kappa shape index (κ2) is 11.3. The monoisotopic (exact) mass is 478 g/mol. The normalized spacial score (nSPS) is 20.9. The standard InChI is InChI=1S/C27H34N4O4/c1-20-21-10-4-2-5-12-27(13-6-7-14-27)19-31-18-22(32)25(33)24(30-31)26(34)29-15-8-3-9-17-35-23(21)11-16-28-20/h3-4,9-11,16,18,32H,2,5-8,12-15,17,19H2,1H3,(H,29,34)/b9-3+,10-4-. The number of nitrogens with zero attached hydrogens (tertiary/aromatic N) is 3. The van der Waals surface area contributed by atoms with Crippen LogP contribution in [0.2, 0.25) is 0 Å². The van der Waals surface area contributed by atoms with E-state index in [4.69, 9.17) is 4.74 Å². The molecule has 1 amide bonds. The number of pyridine rings is 1. The van der Waals surface area contributed by atoms with Crippen molar-refractivity contribution in [2.24, 2.45) is 5.41 Å². The van der Waals surface area contributed by atoms with Crippen molar-refractivity contribution in [2.45, 2.75) is 64.8 Å². The number of amides is 1. The van der Waals surface area contributed by atoms with Crippen LogP contribution in [0.25, 0.3) is 6.08 Å². The van der Waals surface area contributed by atoms with Crippen LogP contribution in [0, 0.1) is 12.3 Å². The minimum atomic E-state index is -0.737. The number of carbonyl (C=O) groups excluding carboxylic acids is 1. The molecule has 8 heteroatoms. The smallest absolute Gasteiger partial charge is 0.275 e. The summed E-state index contributed by atoms with van der Waals surface area (Å²) in [6.07, 6.45) is 19.2. The van der Waals surface area contributed by atoms with Crippen LogP contribution in [0.3, 0.4) is 0 Å². The van der Waals surface area contributed by atoms with Gasteiger partial charge in [0.1, 0.15) is 12.4 Å². The van der Waals surface area contributed by atoms with E-state index in [2.05, 4.69) is 27.6 Å². The van der Waals surface area contributed by atoms with Crippen molar-refractivity contribution in [1.29, 1.82) is 0 Å². The molecule has 4 rings (SSSR count). The van der Waals surface area contributed by atoms with Crippen LogP contribution in [0.1, 0.15) is 73.1 Å². The number of carbonyl (C=O) groups is 1. The second-order valence-electron chi connectivity index (χ2n) is 9.53. The van der Waals surface area contributed by atoms with Crippen molar-refractivity contribution in [3.8, 4) is 11.5 Å². The van der Waals surface area contributed by atoms with Crippen molar-refractivity contribution in [1.82, 2.24) is 20.1 Å². The molecule has 1 saturated carbocycles. The molecule has 0 aromatic carbocycles. The zero-order valence-electron chi connectivity index (χ0n) is 20.3. The predicted octanol–water partition coefficient (Wildman–Crippen LogP) is 4.16. The van der Waals surface area contributed by atoms with Crippen molar-refractivity contribution in [2.75, 3.05) is 13.2 Å². The third-order valence-electron chi connectivity index (χ3n) is 6.93. The Hall–Kier alpha value is -3.42. The lowest BCUT2D eigenvalue weighted by Gasteiger charge is -2.29. The van der Waals surface area contributed by atoms with Gasteiger partial charge in [0, 0.05) is 30.5 Å². The SMILES string of the molecule is Cc1nccc2c1/C=C\CCCC1(CCCC1)Cn1cc(O)c(=O)c(n1)C(=O)NCC/C=C/CO2. The number of hydrogen-bond donors (Lipinski definition) is 2. The minimum absolute atomic E-state index is 0.0419. The number of ether oxygens (including phenoxy) is 1. The summed E-state index contributed by atoms with van der Waals surface area (Å²) in [7, 11) is 0. The largest absolute Gasteiger partial charge is 0.503 e. The van der Waals surface area contributed by atoms with E-state index in [1.54, 1.807) is 10.9 Å². The van der Waals surface area contributed by atoms with Gasteiger partial charge in [-0.15, -0.1) is 0 Å². The highest BCUT2D eigenvalue weighted by Gasteiger charge is 2.34. The lowest BCUT2D eigenvalue weighted by Crippen LogP contribution is -2.33. The minimum Gasteiger partial charge on any atom is -0.503 e. The Morgan fingerprint density at radius 2 is 1.89 bits per heavy atom. The summed E-state index contributed by atoms with van der Waals surface area (Å²) in [5, 5.41) is 17.3. The van der Waals surface area contributed by atoms with Crippen molar-refractivity contribution in [3.63, 3.8) is 0 Å². The van der Waals surface area contributed by atoms with Crippen LogP contribution >= 0.6 is 0 Å². The summed E-state index contributed by atoms with van der Waals surface area (Å²) in [6, 6.07) is 1.88. The Morgan fingerprint density at radius 3 is 2.71 bits per heavy atom. The molecular weight excluding hydrogens is 444 g/mol. The van der Waals surface area contributed by atoms with E-state index in [0.29, 0.717) is 26.1 Å². The Kier molecular flexibility index (Phi) is 8.00. The van der Waals surface area contributed by atoms with Crippen LogP contribution in [-0.2, 0) is 6.54 Å². The lowest BCUT2D eigenvalue weighted by atomic mass is 9.81. The highest BCUT2D eigenvalue weighted by atomic mass is 16.5. The molecule has 2 bridgehead atoms. The van der Waals surface area contributed by atoms with E-state index in [-0.39, 0.29) is 11.1 Å². The Labute approximate surface area is 205 Å². The van der Waals surface area contributed by atoms with Gasteiger partial charge in [-0.25, -0.2) is 0 Å². The highest BCUT2D eigenvalue weighted by molar-refractivity contribution is 5.92. The van der Waals surface area contributed by atoms with Gasteiger partial charge in [0.05, 0.1) is 6.20 Å². The molecule has 1 aliphatic heterocycles. The van der Waals surface area contributed by atoms with Gasteiger partial charge in [-0.3, -0.25) is 19.3 Å². The third-order valence-corrected chi connectivity index (χ3v) is 6.93. The highest BCUT2D eigenvalue weighted by Crippen LogP contribution is 2.43. The first-order valence-corrected chi connectivity index (χ1v) is 12.5. The van der Waals surface area contributed by atoms with Gasteiger partial charge in [-0.2, -0.15) is 5.10 Å². The van der Waals surface area contributed by atoms with Gasteiger partial charge in [0.2, 0.25) is 0 Å². The zero-order valence-corrected chi connectivity index (χ0v) is 20.3. The van der Waals surface area contributed by atoms with E-state index in [1.807, 2.05) is 25.1 Å². The van der Waals surface area contributed by atoms with E-state index in [1.165, 1.54) is 6.20 Å². The van der Waals surface area contributed by atoms with Gasteiger partial charge in [0.15, 0.2) is 11.4 Å². The Bertz CT molecular complexity index is 1160. The molecule has 35 heavy (non-hydrogen) atoms. The summed E-state index contributed by atoms with van der Waals surface area (Å²) >= 11 is 0. The Morgan fingerprint density at radius 1 is 1.09 bits per heavy atom. The number of rotatable bonds is 0. The average molecular weight is 479 g/mol. The Balaban J connectivity index is 1.59. The quantitative estimate of drug-likeness (QED) is 0.551. The fourth-order valence-corrected chi connectivity index (χ4v) is 5.06. The van der Waals surface area contributed by atoms with Crippen molar-refractivity contribution >= 4 is 12.0 Å². The molecule has 2 aromatic rings. The van der Waals surface area contributed by atoms with Gasteiger partial charge in [-0.05, 0) is 56.9 Å². The number of aromatic nitrogens is 3. The molecule has 186 valence electrons. The molecule has 1 spiro atoms. The average Bonchev–Trinajstić information content (AvgIpc) is 3.29. The maximum atomic E-state index is 12.6. The molecular formula is C27H34N4O4. The number of fused-ring (bicyclic) bond motifs is 3. The predicted molar refractivity (Wildman–Crippen MR) is 135 cm³/mol. The number of allylic oxidation sites excluding steroid dienone is 1. The summed E-state index contributed by atoms with van der Waals surface area (Å²) < 4.78 is 7.55. The molecule has 1 aliphatic carbocycles. The summed E-state index contributed by atoms with van der Waals surface area (Å²) in [5.74, 6) is -0.207. The van der Waals surface area contributed by atoms with Gasteiger partial charge in [0.25, 0.3) is 11.3 Å². The van der Waals surface area contributed by atoms with Gasteiger partial charge >= 0.3 is 0 Å². The molecule has 0 saturated heterocycles. The molecule has 0 radical (unpaired) electrons. The van der Waals surface area contributed by atoms with Crippen molar-refractivity contribution < 1.29 is 14.6 Å². The fraction of sp³-hybridized carbons (Fsp3) is 0.481. The van der Waals surface area contributed by atoms with Crippen LogP contribution in [-0.4, -0.2) is 38.9 Å². The first-order chi connectivity index (χ1) is 17.0. The molecule has 0 unspecified atom stereocenters. The van der Waals surface area contributed by atoms with Crippen LogP contribution in [0.4, 0.5) is 0 Å². The first kappa shape index (κ1) is 24.7. The van der Waals surface area contributed by atoms with Gasteiger partial charge < -0.3 is 15.2 Å². The molecule has 8 nitrogen and oxygen atoms in total. The molecule has 0 atom stereocenters. The van der Waals surface area contributed by atoms with Gasteiger partial charge in [-0.1, -0.05) is 37.1 Å². The molecule has 2 aliphatic rings. The van der Waals surface area contributed by atoms with Crippen LogP contribution in [0.5, 0.6) is 11.5 Å². The van der Waals surface area contributed by atoms with E-state index in [0.717, 1.165) is 62.0 Å². The fourth-order valence-electron chi connectivity index (χ4n) is 5.06. The summed E-state index contributed by atoms with van der Waals surface area (Å²) in [6.45, 7) is 3.31. The van der Waals surface area contributed by atoms with E-state index < -0.39 is 17.1 Å². The van der Waals surface area contributed by atoms with E-state index in [9.17, 15) is 14.7 Å². The lowest BCUT2D eigenvalue weighted by molar-refractivity contribution is 0.0943. The molecule has 2 N–H and O–H groups in total. The first-order valence-electron chi connectivity index (χ1n) is 12.5. The maximum absolute atomic E-state index is 12.6. The van der Waals surface area contributed by atoms with Crippen LogP contribution < -0.4 is 15.5 Å². The third kappa shape index (κ3) is 6.18. The van der Waals surface area contributed by atoms with Crippen LogP contribution in [0.15, 0.2) is 41.5 Å². The maximum Gasteiger partial charge on any atom is 0.275 e. The number of nitrogens with one attached hydrogen (secondary N) is 1. The number of aryl methyl sites for hydroxylation is 1. The number of aromatic hydroxyl groups is 1. The topological polar surface area (TPSA) is 106 Å². The molecule has 2 aromatic heterocycles. The number of hydrogen-bond acceptors (Lipinski definition) is 6. The summed E-state index contributed by atoms with van der Waals surface area (Å²) in [4.78, 5) is 29.5. The zero-order chi connectivity index (χ0) is 24.7.